The normalized spacial score (nSPS) is 44.9. The number of thiazole rings is 1. The summed E-state index contributed by atoms with van der Waals surface area (Å²) >= 11 is 1.62. The van der Waals surface area contributed by atoms with Crippen molar-refractivity contribution in [3.8, 4) is 5.19 Å². The molecule has 0 unspecified atom stereocenters. The second-order valence-electron chi connectivity index (χ2n) is 5.46. The summed E-state index contributed by atoms with van der Waals surface area (Å²) < 4.78 is 6.11. The predicted octanol–water partition coefficient (Wildman–Crippen LogP) is 1.86. The predicted molar refractivity (Wildman–Crippen MR) is 62.7 cm³/mol. The summed E-state index contributed by atoms with van der Waals surface area (Å²) in [6.07, 6.45) is 5.03. The minimum atomic E-state index is 0.443. The molecule has 0 radical (unpaired) electrons. The molecule has 3 nitrogen and oxygen atoms in total. The third kappa shape index (κ3) is 1.39. The van der Waals surface area contributed by atoms with Gasteiger partial charge < -0.3 is 9.64 Å². The van der Waals surface area contributed by atoms with Gasteiger partial charge in [-0.15, -0.1) is 0 Å². The van der Waals surface area contributed by atoms with Crippen molar-refractivity contribution in [2.45, 2.75) is 18.9 Å². The van der Waals surface area contributed by atoms with Gasteiger partial charge in [-0.05, 0) is 18.8 Å². The average Bonchev–Trinajstić information content (AvgIpc) is 2.75. The molecule has 0 N–H and O–H groups in total. The lowest BCUT2D eigenvalue weighted by Crippen LogP contribution is -2.61. The molecular formula is C12H16N2OS. The van der Waals surface area contributed by atoms with E-state index in [0.29, 0.717) is 6.10 Å². The van der Waals surface area contributed by atoms with E-state index in [9.17, 15) is 0 Å². The maximum absolute atomic E-state index is 6.11. The number of aromatic nitrogens is 1. The Bertz CT molecular complexity index is 350. The first kappa shape index (κ1) is 9.42. The van der Waals surface area contributed by atoms with Gasteiger partial charge in [0.15, 0.2) is 0 Å². The fraction of sp³-hybridized carbons (Fsp3) is 0.750. The Kier molecular flexibility index (Phi) is 2.03. The van der Waals surface area contributed by atoms with E-state index in [1.165, 1.54) is 32.5 Å². The topological polar surface area (TPSA) is 25.4 Å². The molecule has 4 heterocycles. The van der Waals surface area contributed by atoms with E-state index in [1.807, 2.05) is 11.6 Å². The molecule has 1 aromatic rings. The molecule has 1 aromatic heterocycles. The van der Waals surface area contributed by atoms with Crippen LogP contribution in [0.3, 0.4) is 0 Å². The molecule has 4 fully saturated rings. The Morgan fingerprint density at radius 2 is 2.06 bits per heavy atom. The van der Waals surface area contributed by atoms with Crippen LogP contribution in [0.1, 0.15) is 12.8 Å². The minimum absolute atomic E-state index is 0.443. The van der Waals surface area contributed by atoms with E-state index in [1.54, 1.807) is 11.3 Å². The average molecular weight is 236 g/mol. The van der Waals surface area contributed by atoms with Crippen LogP contribution in [-0.4, -0.2) is 35.6 Å². The highest BCUT2D eigenvalue weighted by Crippen LogP contribution is 2.44. The van der Waals surface area contributed by atoms with Gasteiger partial charge in [0.05, 0.1) is 0 Å². The van der Waals surface area contributed by atoms with Crippen LogP contribution in [0, 0.1) is 17.8 Å². The quantitative estimate of drug-likeness (QED) is 0.783. The third-order valence-electron chi connectivity index (χ3n) is 4.35. The van der Waals surface area contributed by atoms with Crippen molar-refractivity contribution in [2.75, 3.05) is 19.6 Å². The molecule has 4 heteroatoms. The Hall–Kier alpha value is -0.610. The van der Waals surface area contributed by atoms with Crippen molar-refractivity contribution in [2.24, 2.45) is 17.8 Å². The number of hydrogen-bond donors (Lipinski definition) is 0. The fourth-order valence-electron chi connectivity index (χ4n) is 3.94. The molecule has 1 saturated carbocycles. The second-order valence-corrected chi connectivity index (χ2v) is 6.31. The molecule has 3 aliphatic heterocycles. The summed E-state index contributed by atoms with van der Waals surface area (Å²) in [5.74, 6) is 2.47. The van der Waals surface area contributed by atoms with Gasteiger partial charge in [-0.2, -0.15) is 0 Å². The molecule has 1 aliphatic carbocycles. The summed E-state index contributed by atoms with van der Waals surface area (Å²) in [6, 6.07) is 0. The van der Waals surface area contributed by atoms with Gasteiger partial charge in [-0.3, -0.25) is 0 Å². The Labute approximate surface area is 99.4 Å². The van der Waals surface area contributed by atoms with Gasteiger partial charge in [0.25, 0.3) is 5.19 Å². The molecule has 0 spiro atoms. The van der Waals surface area contributed by atoms with Gasteiger partial charge in [0.1, 0.15) is 6.10 Å². The van der Waals surface area contributed by atoms with Crippen molar-refractivity contribution < 1.29 is 4.74 Å². The van der Waals surface area contributed by atoms with Crippen molar-refractivity contribution in [1.82, 2.24) is 9.88 Å². The number of rotatable bonds is 2. The van der Waals surface area contributed by atoms with Crippen LogP contribution in [0.15, 0.2) is 11.6 Å². The van der Waals surface area contributed by atoms with E-state index in [4.69, 9.17) is 4.74 Å². The van der Waals surface area contributed by atoms with E-state index < -0.39 is 0 Å². The lowest BCUT2D eigenvalue weighted by Gasteiger charge is -2.55. The molecule has 2 atom stereocenters. The van der Waals surface area contributed by atoms with Gasteiger partial charge >= 0.3 is 0 Å². The lowest BCUT2D eigenvalue weighted by molar-refractivity contribution is -0.0985. The van der Waals surface area contributed by atoms with E-state index in [2.05, 4.69) is 9.88 Å². The van der Waals surface area contributed by atoms with Crippen LogP contribution in [0.5, 0.6) is 5.19 Å². The van der Waals surface area contributed by atoms with E-state index in [0.717, 1.165) is 22.9 Å². The standard InChI is InChI=1S/C12H16N2OS/c1-2-16-12(13-1)15-11-9-3-8-4-10(11)7-14(5-8)6-9/h1-2,8-11H,3-7H2/t8?,9-,10-,11?/m0/s1. The zero-order valence-corrected chi connectivity index (χ0v) is 10.0. The summed E-state index contributed by atoms with van der Waals surface area (Å²) in [5.41, 5.74) is 0. The van der Waals surface area contributed by atoms with Crippen molar-refractivity contribution in [1.29, 1.82) is 0 Å². The van der Waals surface area contributed by atoms with Crippen LogP contribution >= 0.6 is 11.3 Å². The second kappa shape index (κ2) is 3.44. The summed E-state index contributed by atoms with van der Waals surface area (Å²) in [4.78, 5) is 6.88. The summed E-state index contributed by atoms with van der Waals surface area (Å²) in [6.45, 7) is 3.85. The number of piperidine rings is 3. The zero-order valence-electron chi connectivity index (χ0n) is 9.21. The maximum atomic E-state index is 6.11. The summed E-state index contributed by atoms with van der Waals surface area (Å²) in [5, 5.41) is 2.86. The Morgan fingerprint density at radius 3 is 2.69 bits per heavy atom. The highest BCUT2D eigenvalue weighted by molar-refractivity contribution is 7.11. The van der Waals surface area contributed by atoms with Crippen LogP contribution in [0.4, 0.5) is 0 Å². The first-order valence-corrected chi connectivity index (χ1v) is 7.05. The monoisotopic (exact) mass is 236 g/mol. The molecule has 4 aliphatic rings. The summed E-state index contributed by atoms with van der Waals surface area (Å²) in [7, 11) is 0. The minimum Gasteiger partial charge on any atom is -0.466 e. The fourth-order valence-corrected chi connectivity index (χ4v) is 4.47. The number of ether oxygens (including phenoxy) is 1. The Morgan fingerprint density at radius 1 is 1.25 bits per heavy atom. The van der Waals surface area contributed by atoms with Crippen LogP contribution in [0.2, 0.25) is 0 Å². The number of hydrogen-bond acceptors (Lipinski definition) is 4. The zero-order chi connectivity index (χ0) is 10.5. The molecular weight excluding hydrogens is 220 g/mol. The van der Waals surface area contributed by atoms with Crippen molar-refractivity contribution in [3.05, 3.63) is 11.6 Å². The van der Waals surface area contributed by atoms with Crippen molar-refractivity contribution >= 4 is 11.3 Å². The molecule has 0 aromatic carbocycles. The maximum Gasteiger partial charge on any atom is 0.273 e. The number of nitrogens with zero attached hydrogens (tertiary/aromatic N) is 2. The van der Waals surface area contributed by atoms with Gasteiger partial charge in [0, 0.05) is 43.0 Å². The van der Waals surface area contributed by atoms with Crippen LogP contribution in [0.25, 0.3) is 0 Å². The smallest absolute Gasteiger partial charge is 0.273 e. The third-order valence-corrected chi connectivity index (χ3v) is 5.01. The SMILES string of the molecule is c1csc(OC2[C@H]3CC4C[C@H]2CN(C4)C3)n1. The van der Waals surface area contributed by atoms with E-state index >= 15 is 0 Å². The van der Waals surface area contributed by atoms with E-state index in [-0.39, 0.29) is 0 Å². The van der Waals surface area contributed by atoms with Gasteiger partial charge in [0.2, 0.25) is 0 Å². The molecule has 16 heavy (non-hydrogen) atoms. The molecule has 4 bridgehead atoms. The lowest BCUT2D eigenvalue weighted by atomic mass is 9.66. The highest BCUT2D eigenvalue weighted by Gasteiger charge is 2.48. The molecule has 0 amide bonds. The van der Waals surface area contributed by atoms with Crippen LogP contribution in [-0.2, 0) is 0 Å². The van der Waals surface area contributed by atoms with Gasteiger partial charge in [-0.1, -0.05) is 11.3 Å². The largest absolute Gasteiger partial charge is 0.466 e. The molecule has 86 valence electrons. The first-order valence-electron chi connectivity index (χ1n) is 6.17. The molecule has 5 rings (SSSR count). The van der Waals surface area contributed by atoms with Crippen LogP contribution < -0.4 is 4.74 Å². The Balaban J connectivity index is 1.56. The highest BCUT2D eigenvalue weighted by atomic mass is 32.1. The molecule has 3 saturated heterocycles. The van der Waals surface area contributed by atoms with Crippen molar-refractivity contribution in [3.63, 3.8) is 0 Å². The first-order chi connectivity index (χ1) is 7.88. The van der Waals surface area contributed by atoms with Gasteiger partial charge in [-0.25, -0.2) is 4.98 Å².